The molecule has 2 amide bonds. The highest BCUT2D eigenvalue weighted by atomic mass is 16.7. The minimum atomic E-state index is -0.387. The van der Waals surface area contributed by atoms with Crippen molar-refractivity contribution >= 4 is 11.7 Å². The first kappa shape index (κ1) is 15.8. The number of terminal acetylenes is 1. The third-order valence-corrected chi connectivity index (χ3v) is 2.42. The van der Waals surface area contributed by atoms with Gasteiger partial charge in [-0.25, -0.2) is 9.86 Å². The number of rotatable bonds is 6. The van der Waals surface area contributed by atoms with Crippen LogP contribution < -0.4 is 10.1 Å². The van der Waals surface area contributed by atoms with Crippen molar-refractivity contribution in [1.82, 2.24) is 5.06 Å². The molecular weight excluding hydrogens is 260 g/mol. The second kappa shape index (κ2) is 8.04. The van der Waals surface area contributed by atoms with Crippen molar-refractivity contribution in [2.75, 3.05) is 26.3 Å². The number of nitrogens with one attached hydrogen (secondary N) is 1. The van der Waals surface area contributed by atoms with Crippen LogP contribution in [0.3, 0.4) is 0 Å². The Labute approximate surface area is 118 Å². The molecule has 0 aliphatic rings. The number of carbonyl (C=O) groups is 1. The van der Waals surface area contributed by atoms with Gasteiger partial charge in [-0.2, -0.15) is 0 Å². The van der Waals surface area contributed by atoms with E-state index in [-0.39, 0.29) is 18.9 Å². The van der Waals surface area contributed by atoms with Crippen molar-refractivity contribution in [3.63, 3.8) is 0 Å². The van der Waals surface area contributed by atoms with Gasteiger partial charge < -0.3 is 14.8 Å². The fraction of sp³-hybridized carbons (Fsp3) is 0.357. The molecule has 0 saturated heterocycles. The number of anilines is 1. The molecule has 0 aromatic heterocycles. The molecule has 108 valence electrons. The molecule has 1 rings (SSSR count). The zero-order valence-electron chi connectivity index (χ0n) is 11.8. The number of amides is 2. The molecule has 1 aromatic rings. The second-order valence-electron chi connectivity index (χ2n) is 3.88. The van der Waals surface area contributed by atoms with E-state index < -0.39 is 0 Å². The molecule has 6 nitrogen and oxygen atoms in total. The van der Waals surface area contributed by atoms with Gasteiger partial charge in [0.05, 0.1) is 7.11 Å². The summed E-state index contributed by atoms with van der Waals surface area (Å²) in [6.45, 7) is 1.79. The first-order chi connectivity index (χ1) is 9.56. The van der Waals surface area contributed by atoms with Crippen LogP contribution in [0.5, 0.6) is 5.75 Å². The van der Waals surface area contributed by atoms with Crippen molar-refractivity contribution < 1.29 is 19.1 Å². The second-order valence-corrected chi connectivity index (χ2v) is 3.88. The van der Waals surface area contributed by atoms with E-state index in [0.717, 1.165) is 5.06 Å². The Bertz CT molecular complexity index is 484. The normalized spacial score (nSPS) is 11.3. The summed E-state index contributed by atoms with van der Waals surface area (Å²) in [6, 6.07) is 6.52. The smallest absolute Gasteiger partial charge is 0.345 e. The van der Waals surface area contributed by atoms with Gasteiger partial charge >= 0.3 is 6.03 Å². The van der Waals surface area contributed by atoms with Crippen LogP contribution in [0.1, 0.15) is 6.92 Å². The van der Waals surface area contributed by atoms with E-state index in [0.29, 0.717) is 11.4 Å². The van der Waals surface area contributed by atoms with E-state index in [9.17, 15) is 4.79 Å². The van der Waals surface area contributed by atoms with Crippen LogP contribution in [0.15, 0.2) is 24.3 Å². The number of benzene rings is 1. The van der Waals surface area contributed by atoms with E-state index >= 15 is 0 Å². The van der Waals surface area contributed by atoms with Gasteiger partial charge in [-0.05, 0) is 19.1 Å². The Morgan fingerprint density at radius 3 is 2.95 bits per heavy atom. The SMILES string of the molecule is C#CC(C)OCOc1cccc(NC(=O)N(C)OC)c1. The highest BCUT2D eigenvalue weighted by molar-refractivity contribution is 5.88. The molecule has 20 heavy (non-hydrogen) atoms. The summed E-state index contributed by atoms with van der Waals surface area (Å²) in [7, 11) is 2.91. The fourth-order valence-electron chi connectivity index (χ4n) is 1.20. The van der Waals surface area contributed by atoms with Crippen molar-refractivity contribution in [2.24, 2.45) is 0 Å². The number of ether oxygens (including phenoxy) is 2. The van der Waals surface area contributed by atoms with Gasteiger partial charge in [-0.1, -0.05) is 12.0 Å². The molecule has 0 heterocycles. The minimum Gasteiger partial charge on any atom is -0.467 e. The van der Waals surface area contributed by atoms with Crippen molar-refractivity contribution in [3.05, 3.63) is 24.3 Å². The number of hydroxylamine groups is 2. The van der Waals surface area contributed by atoms with E-state index in [1.54, 1.807) is 31.2 Å². The number of carbonyl (C=O) groups excluding carboxylic acids is 1. The largest absolute Gasteiger partial charge is 0.467 e. The summed E-state index contributed by atoms with van der Waals surface area (Å²) >= 11 is 0. The topological polar surface area (TPSA) is 60.0 Å². The van der Waals surface area contributed by atoms with Crippen molar-refractivity contribution in [1.29, 1.82) is 0 Å². The predicted molar refractivity (Wildman–Crippen MR) is 75.1 cm³/mol. The van der Waals surface area contributed by atoms with Crippen molar-refractivity contribution in [2.45, 2.75) is 13.0 Å². The molecule has 0 spiro atoms. The Hall–Kier alpha value is -2.23. The molecule has 0 aliphatic carbocycles. The monoisotopic (exact) mass is 278 g/mol. The molecule has 1 unspecified atom stereocenters. The van der Waals surface area contributed by atoms with E-state index in [4.69, 9.17) is 20.7 Å². The molecule has 1 aromatic carbocycles. The molecule has 1 N–H and O–H groups in total. The van der Waals surface area contributed by atoms with Gasteiger partial charge in [0.2, 0.25) is 0 Å². The van der Waals surface area contributed by atoms with E-state index in [1.165, 1.54) is 14.2 Å². The maximum atomic E-state index is 11.6. The summed E-state index contributed by atoms with van der Waals surface area (Å²) < 4.78 is 10.6. The lowest BCUT2D eigenvalue weighted by molar-refractivity contribution is -0.0598. The molecular formula is C14H18N2O4. The summed E-state index contributed by atoms with van der Waals surface area (Å²) in [5.74, 6) is 2.99. The third kappa shape index (κ3) is 5.18. The standard InChI is InChI=1S/C14H18N2O4/c1-5-11(2)19-10-20-13-8-6-7-12(9-13)15-14(17)16(3)18-4/h1,6-9,11H,10H2,2-4H3,(H,15,17). The predicted octanol–water partition coefficient (Wildman–Crippen LogP) is 2.09. The van der Waals surface area contributed by atoms with Gasteiger partial charge in [0, 0.05) is 18.8 Å². The molecule has 0 radical (unpaired) electrons. The summed E-state index contributed by atoms with van der Waals surface area (Å²) in [5.41, 5.74) is 0.585. The van der Waals surface area contributed by atoms with Crippen LogP contribution in [0, 0.1) is 12.3 Å². The maximum absolute atomic E-state index is 11.6. The van der Waals surface area contributed by atoms with Crippen LogP contribution in [0.25, 0.3) is 0 Å². The number of urea groups is 1. The lowest BCUT2D eigenvalue weighted by Crippen LogP contribution is -2.30. The van der Waals surface area contributed by atoms with Gasteiger partial charge in [0.15, 0.2) is 6.79 Å². The van der Waals surface area contributed by atoms with E-state index in [1.807, 2.05) is 0 Å². The molecule has 0 aliphatic heterocycles. The highest BCUT2D eigenvalue weighted by Gasteiger charge is 2.08. The van der Waals surface area contributed by atoms with Crippen LogP contribution in [-0.2, 0) is 9.57 Å². The van der Waals surface area contributed by atoms with Crippen LogP contribution in [0.4, 0.5) is 10.5 Å². The Morgan fingerprint density at radius 2 is 2.30 bits per heavy atom. The maximum Gasteiger partial charge on any atom is 0.345 e. The number of hydrogen-bond donors (Lipinski definition) is 1. The molecule has 6 heteroatoms. The lowest BCUT2D eigenvalue weighted by atomic mass is 10.3. The van der Waals surface area contributed by atoms with Gasteiger partial charge in [0.25, 0.3) is 0 Å². The van der Waals surface area contributed by atoms with Gasteiger partial charge in [0.1, 0.15) is 11.9 Å². The Morgan fingerprint density at radius 1 is 1.55 bits per heavy atom. The fourth-order valence-corrected chi connectivity index (χ4v) is 1.20. The number of hydrogen-bond acceptors (Lipinski definition) is 4. The highest BCUT2D eigenvalue weighted by Crippen LogP contribution is 2.17. The first-order valence-electron chi connectivity index (χ1n) is 5.96. The molecule has 0 bridgehead atoms. The van der Waals surface area contributed by atoms with Crippen molar-refractivity contribution in [3.8, 4) is 18.1 Å². The summed E-state index contributed by atoms with van der Waals surface area (Å²) in [6.07, 6.45) is 4.87. The minimum absolute atomic E-state index is 0.0424. The first-order valence-corrected chi connectivity index (χ1v) is 5.96. The van der Waals surface area contributed by atoms with Crippen LogP contribution in [0.2, 0.25) is 0 Å². The summed E-state index contributed by atoms with van der Waals surface area (Å²) in [5, 5.41) is 3.73. The average Bonchev–Trinajstić information content (AvgIpc) is 2.46. The van der Waals surface area contributed by atoms with Crippen LogP contribution >= 0.6 is 0 Å². The molecule has 0 saturated carbocycles. The molecule has 0 fully saturated rings. The lowest BCUT2D eigenvalue weighted by Gasteiger charge is -2.15. The van der Waals surface area contributed by atoms with Gasteiger partial charge in [-0.3, -0.25) is 4.84 Å². The third-order valence-electron chi connectivity index (χ3n) is 2.42. The van der Waals surface area contributed by atoms with Crippen LogP contribution in [-0.4, -0.2) is 38.1 Å². The number of nitrogens with zero attached hydrogens (tertiary/aromatic N) is 1. The molecule has 1 atom stereocenters. The van der Waals surface area contributed by atoms with Gasteiger partial charge in [-0.15, -0.1) is 6.42 Å². The van der Waals surface area contributed by atoms with E-state index in [2.05, 4.69) is 11.2 Å². The Kier molecular flexibility index (Phi) is 6.37. The Balaban J connectivity index is 2.53. The summed E-state index contributed by atoms with van der Waals surface area (Å²) in [4.78, 5) is 16.4. The zero-order chi connectivity index (χ0) is 15.0. The zero-order valence-corrected chi connectivity index (χ0v) is 11.8. The quantitative estimate of drug-likeness (QED) is 0.492. The average molecular weight is 278 g/mol.